The summed E-state index contributed by atoms with van der Waals surface area (Å²) in [5, 5.41) is 107. The number of rotatable bonds is 30. The highest BCUT2D eigenvalue weighted by Crippen LogP contribution is 2.29. The first-order valence-electron chi connectivity index (χ1n) is 44.1. The molecule has 21 amide bonds. The molecule has 0 spiro atoms. The fourth-order valence-electron chi connectivity index (χ4n) is 13.9. The van der Waals surface area contributed by atoms with Gasteiger partial charge < -0.3 is 171 Å². The third kappa shape index (κ3) is 38.3. The smallest absolute Gasteiger partial charge is 0.305 e. The highest BCUT2D eigenvalue weighted by Gasteiger charge is 2.43. The van der Waals surface area contributed by atoms with Crippen LogP contribution in [0.1, 0.15) is 88.3 Å². The lowest BCUT2D eigenvalue weighted by Gasteiger charge is -2.28. The number of H-pyrrole nitrogens is 2. The van der Waals surface area contributed by atoms with Crippen LogP contribution in [0.15, 0.2) is 43.0 Å². The Bertz CT molecular complexity index is 5050. The summed E-state index contributed by atoms with van der Waals surface area (Å²) in [4.78, 5) is 329. The number of benzene rings is 1. The van der Waals surface area contributed by atoms with Gasteiger partial charge in [-0.1, -0.05) is 83.0 Å². The van der Waals surface area contributed by atoms with E-state index in [0.717, 1.165) is 6.33 Å². The number of aliphatic hydroxyl groups excluding tert-OH is 3. The zero-order chi connectivity index (χ0) is 104. The summed E-state index contributed by atoms with van der Waals surface area (Å²) in [7, 11) is 3.64. The monoisotopic (exact) mass is 2110 g/mol. The number of fused-ring (bicyclic) bond motifs is 17. The van der Waals surface area contributed by atoms with Crippen LogP contribution in [0, 0.1) is 10.8 Å². The first-order valence-corrected chi connectivity index (χ1v) is 51.5. The summed E-state index contributed by atoms with van der Waals surface area (Å²) in [6.07, 6.45) is -2.60. The van der Waals surface area contributed by atoms with Crippen molar-refractivity contribution in [1.29, 1.82) is 10.8 Å². The summed E-state index contributed by atoms with van der Waals surface area (Å²) in [6, 6.07) is -29.1. The number of primary amides is 3. The molecule has 4 fully saturated rings. The van der Waals surface area contributed by atoms with E-state index in [4.69, 9.17) is 45.2 Å². The van der Waals surface area contributed by atoms with E-state index < -0.39 is 350 Å². The van der Waals surface area contributed by atoms with Crippen LogP contribution in [0.4, 0.5) is 0 Å². The molecular formula is C79H117N31O26S6. The average Bonchev–Trinajstić information content (AvgIpc) is 1.69. The molecule has 40 N–H and O–H groups in total. The van der Waals surface area contributed by atoms with Crippen LogP contribution in [0.25, 0.3) is 10.9 Å². The van der Waals surface area contributed by atoms with Crippen molar-refractivity contribution >= 4 is 218 Å². The number of aliphatic hydroxyl groups is 3. The molecule has 0 radical (unpaired) electrons. The Morgan fingerprint density at radius 2 is 0.845 bits per heavy atom. The van der Waals surface area contributed by atoms with Crippen molar-refractivity contribution in [2.45, 2.75) is 199 Å². The first kappa shape index (κ1) is 116. The molecule has 142 heavy (non-hydrogen) atoms. The fourth-order valence-corrected chi connectivity index (χ4v) is 20.9. The second-order valence-corrected chi connectivity index (χ2v) is 40.0. The number of aromatic nitrogens is 3. The van der Waals surface area contributed by atoms with E-state index in [1.165, 1.54) is 12.4 Å². The Morgan fingerprint density at radius 1 is 0.437 bits per heavy atom. The van der Waals surface area contributed by atoms with Crippen LogP contribution in [0.2, 0.25) is 0 Å². The largest absolute Gasteiger partial charge is 0.481 e. The van der Waals surface area contributed by atoms with Crippen molar-refractivity contribution in [3.05, 3.63) is 54.2 Å². The summed E-state index contributed by atoms with van der Waals surface area (Å²) in [5.74, 6) is -34.3. The number of imidazole rings is 1. The van der Waals surface area contributed by atoms with E-state index in [-0.39, 0.29) is 70.3 Å². The number of aliphatic carboxylic acids is 1. The Balaban J connectivity index is 1.53. The molecule has 1 aromatic carbocycles. The summed E-state index contributed by atoms with van der Waals surface area (Å²) in [6.45, 7) is -4.37. The number of carboxylic acid groups (broad SMARTS) is 1. The molecule has 0 aliphatic carbocycles. The van der Waals surface area contributed by atoms with Crippen LogP contribution in [-0.2, 0) is 118 Å². The zero-order valence-corrected chi connectivity index (χ0v) is 80.8. The molecular weight excluding hydrogens is 1990 g/mol. The number of amides is 21. The lowest BCUT2D eigenvalue weighted by Crippen LogP contribution is -2.62. The topological polar surface area (TPSA) is 945 Å². The van der Waals surface area contributed by atoms with Gasteiger partial charge in [0.05, 0.1) is 45.4 Å². The predicted octanol–water partition coefficient (Wildman–Crippen LogP) is -14.3. The van der Waals surface area contributed by atoms with E-state index >= 15 is 33.6 Å². The lowest BCUT2D eigenvalue weighted by molar-refractivity contribution is -0.141. The number of nitrogens with zero attached hydrogens (tertiary/aromatic N) is 1. The molecule has 6 heterocycles. The number of hydrogen-bond donors (Lipinski definition) is 34. The number of carbonyl (C=O) groups is 22. The minimum Gasteiger partial charge on any atom is -0.481 e. The fraction of sp³-hybridized carbons (Fsp3) is 0.557. The van der Waals surface area contributed by atoms with Crippen LogP contribution in [0.5, 0.6) is 0 Å². The number of para-hydroxylation sites is 1. The van der Waals surface area contributed by atoms with Gasteiger partial charge >= 0.3 is 5.97 Å². The van der Waals surface area contributed by atoms with Crippen LogP contribution >= 0.6 is 64.8 Å². The molecule has 4 aliphatic rings. The van der Waals surface area contributed by atoms with Gasteiger partial charge in [-0.15, -0.1) is 0 Å². The molecule has 2 aromatic heterocycles. The molecule has 4 bridgehead atoms. The number of carboxylic acids is 1. The van der Waals surface area contributed by atoms with Gasteiger partial charge in [0.15, 0.2) is 11.9 Å². The molecule has 0 saturated carbocycles. The van der Waals surface area contributed by atoms with Gasteiger partial charge in [-0.3, -0.25) is 116 Å². The van der Waals surface area contributed by atoms with Gasteiger partial charge in [-0.2, -0.15) is 0 Å². The molecule has 63 heteroatoms. The molecule has 18 atom stereocenters. The lowest BCUT2D eigenvalue weighted by atomic mass is 10.0. The molecule has 4 aliphatic heterocycles. The summed E-state index contributed by atoms with van der Waals surface area (Å²) >= 11 is 0. The van der Waals surface area contributed by atoms with E-state index in [1.807, 2.05) is 0 Å². The zero-order valence-electron chi connectivity index (χ0n) is 75.9. The van der Waals surface area contributed by atoms with Gasteiger partial charge in [0, 0.05) is 95.9 Å². The first-order chi connectivity index (χ1) is 67.6. The quantitative estimate of drug-likeness (QED) is 0.0128. The number of nitrogens with one attached hydrogen (secondary N) is 24. The van der Waals surface area contributed by atoms with Crippen molar-refractivity contribution in [3.63, 3.8) is 0 Å². The molecule has 780 valence electrons. The van der Waals surface area contributed by atoms with Crippen molar-refractivity contribution < 1.29 is 126 Å². The van der Waals surface area contributed by atoms with Crippen molar-refractivity contribution in [3.8, 4) is 0 Å². The average molecular weight is 2110 g/mol. The number of nitrogens with two attached hydrogens (primary N) is 6. The van der Waals surface area contributed by atoms with E-state index in [9.17, 15) is 92.3 Å². The van der Waals surface area contributed by atoms with Gasteiger partial charge in [-0.25, -0.2) is 4.98 Å². The number of aromatic amines is 2. The third-order valence-electron chi connectivity index (χ3n) is 21.5. The Kier molecular flexibility index (Phi) is 48.0. The maximum absolute atomic E-state index is 15.8. The third-order valence-corrected chi connectivity index (χ3v) is 28.8. The van der Waals surface area contributed by atoms with Crippen LogP contribution < -0.4 is 141 Å². The van der Waals surface area contributed by atoms with Crippen molar-refractivity contribution in [2.75, 3.05) is 74.0 Å². The maximum Gasteiger partial charge on any atom is 0.305 e. The second-order valence-electron chi connectivity index (χ2n) is 32.4. The molecule has 4 saturated heterocycles. The van der Waals surface area contributed by atoms with Gasteiger partial charge in [0.1, 0.15) is 109 Å². The predicted molar refractivity (Wildman–Crippen MR) is 515 cm³/mol. The van der Waals surface area contributed by atoms with Crippen LogP contribution in [0.3, 0.4) is 0 Å². The van der Waals surface area contributed by atoms with Crippen molar-refractivity contribution in [2.24, 2.45) is 34.4 Å². The number of guanidine groups is 2. The molecule has 0 unspecified atom stereocenters. The number of unbranched alkanes of at least 4 members (excludes halogenated alkanes) is 1. The minimum atomic E-state index is -2.26. The summed E-state index contributed by atoms with van der Waals surface area (Å²) < 4.78 is 0. The number of hydrogen-bond acceptors (Lipinski definition) is 35. The van der Waals surface area contributed by atoms with Crippen molar-refractivity contribution in [1.82, 2.24) is 121 Å². The van der Waals surface area contributed by atoms with Gasteiger partial charge in [0.25, 0.3) is 0 Å². The minimum absolute atomic E-state index is 0.0110. The molecule has 7 rings (SSSR count). The van der Waals surface area contributed by atoms with Gasteiger partial charge in [-0.05, 0) is 69.5 Å². The Hall–Kier alpha value is -13.2. The summed E-state index contributed by atoms with van der Waals surface area (Å²) in [5.41, 5.74) is 35.2. The van der Waals surface area contributed by atoms with Gasteiger partial charge in [0.2, 0.25) is 124 Å². The Labute approximate surface area is 832 Å². The van der Waals surface area contributed by atoms with E-state index in [2.05, 4.69) is 121 Å². The highest BCUT2D eigenvalue weighted by atomic mass is 33.1. The maximum atomic E-state index is 15.8. The Morgan fingerprint density at radius 3 is 1.32 bits per heavy atom. The van der Waals surface area contributed by atoms with E-state index in [0.29, 0.717) is 81.2 Å². The van der Waals surface area contributed by atoms with Crippen LogP contribution in [-0.4, -0.2) is 360 Å². The van der Waals surface area contributed by atoms with E-state index in [1.54, 1.807) is 24.3 Å². The number of carbonyl (C=O) groups excluding carboxylic acids is 21. The highest BCUT2D eigenvalue weighted by molar-refractivity contribution is 8.77. The molecule has 3 aromatic rings. The second kappa shape index (κ2) is 58.9. The SMILES string of the molecule is N=C(N)NCCC[C@@H]1NC(=O)[C@H](CO)NC(=O)[C@H](Cc2cnc[nH]2)NC(=O)[C@H](CC(=O)O)NC(=O)[C@H](CCCNC(=N)N)NC(=O)[C@@H]2CSSC[C@H](NC(=O)[C@H](CC(N)=O)NC(=O)[C@@H]3CCC(=O)N3)C(=O)N[C@H]3CSSC[C@H](NC1=O)C(=O)N[C@H](C(N)=O)CSSC[C@H](NC(=O)[C@@H](CC(N)=O)NC3=O)C(=O)N[C@@H](CO)C(=O)N[C@@H](CO)C(=O)N[C@@H](CCCCN)C(=O)N[C@@H](Cc1c[nH]c3ccccc13)C(=O)N2. The standard InChI is InChI=1S/C79H117N31O26S6/c80-14-4-3-9-38-61(120)97-42(17-34-22-91-37-8-2-1-7-36(34)37)65(124)107-51-28-139-142-32-55(109-67(126)44(19-56(81)114)99-64(123)41-12-13-58(116)93-41)77(136)110-52-29-140-141-31-54(76(135)105-50(60(83)119)27-137-138-30-53(108-68(127)45(20-57(82)115)100-74(52)133)75(134)104-49(26-113)72(131)103-48(25-112)71(130)94-38)106-63(122)40(11-6-16-90-79(86)87)95-70(129)47(24-111)102-66(125)43(18-35-23-88-33-92-35)98-69(128)46(21-59(117)118)101-62(121)39(96-73(51)132)10-5-15-89-78(84)85/h1-2,7-8,22-23,33,38-55,91,111-113H,3-6,9-21,24-32,80H2,(H2,81,114)(H2,82,115)(H2,83,119)(H,88,92)(H,93,116)(H,94,130)(H,95,129)(H,96,132)(H,97,120)(H,98,128)(H,99,123)(H,100,133)(H,101,121)(H,102,125)(H,103,131)(H,104,134)(H,105,135)(H,106,122)(H,107,124)(H,108,127)(H,109,126)(H,110,136)(H,117,118)(H4,84,85,89)(H4,86,87,90)/t38-,39-,40-,41-,42-,43-,44-,45+,46-,47-,48-,49-,50-,51-,52-,53-,54-,55-/m0/s1. The molecule has 57 nitrogen and oxygen atoms in total. The normalized spacial score (nSPS) is 25.9.